The molecule has 3 nitrogen and oxygen atoms in total. The lowest BCUT2D eigenvalue weighted by molar-refractivity contribution is 0.571. The van der Waals surface area contributed by atoms with Crippen LogP contribution in [0.15, 0.2) is 24.3 Å². The van der Waals surface area contributed by atoms with E-state index in [9.17, 15) is 8.42 Å². The van der Waals surface area contributed by atoms with E-state index in [2.05, 4.69) is 0 Å². The topological polar surface area (TPSA) is 60.2 Å². The number of nitrogens with two attached hydrogens (primary N) is 1. The average molecular weight is 227 g/mol. The van der Waals surface area contributed by atoms with Gasteiger partial charge in [-0.15, -0.1) is 0 Å². The summed E-state index contributed by atoms with van der Waals surface area (Å²) in [6.45, 7) is 3.62. The molecule has 2 atom stereocenters. The highest BCUT2D eigenvalue weighted by atomic mass is 32.2. The molecule has 1 aromatic carbocycles. The average Bonchev–Trinajstić information content (AvgIpc) is 2.15. The second kappa shape index (κ2) is 4.33. The number of hydrogen-bond acceptors (Lipinski definition) is 3. The fraction of sp³-hybridized carbons (Fsp3) is 0.455. The molecule has 0 aliphatic carbocycles. The van der Waals surface area contributed by atoms with Crippen molar-refractivity contribution in [3.63, 3.8) is 0 Å². The third kappa shape index (κ3) is 3.04. The van der Waals surface area contributed by atoms with Crippen molar-refractivity contribution < 1.29 is 8.42 Å². The minimum Gasteiger partial charge on any atom is -0.323 e. The maximum atomic E-state index is 11.3. The van der Waals surface area contributed by atoms with Crippen LogP contribution < -0.4 is 5.73 Å². The molecule has 0 aromatic heterocycles. The molecule has 0 unspecified atom stereocenters. The minimum atomic E-state index is -3.09. The first kappa shape index (κ1) is 12.2. The third-order valence-electron chi connectivity index (χ3n) is 2.64. The zero-order chi connectivity index (χ0) is 11.6. The molecule has 4 heteroatoms. The molecule has 0 saturated heterocycles. The van der Waals surface area contributed by atoms with Crippen molar-refractivity contribution in [1.82, 2.24) is 0 Å². The molecule has 0 aliphatic rings. The molecule has 0 fully saturated rings. The van der Waals surface area contributed by atoms with Gasteiger partial charge in [0.15, 0.2) is 9.84 Å². The summed E-state index contributed by atoms with van der Waals surface area (Å²) in [5, 5.41) is -0.555. The maximum Gasteiger partial charge on any atom is 0.151 e. The normalized spacial score (nSPS) is 16.0. The van der Waals surface area contributed by atoms with Crippen molar-refractivity contribution in [1.29, 1.82) is 0 Å². The van der Waals surface area contributed by atoms with E-state index in [0.29, 0.717) is 0 Å². The summed E-state index contributed by atoms with van der Waals surface area (Å²) in [4.78, 5) is 0. The fourth-order valence-electron chi connectivity index (χ4n) is 1.33. The van der Waals surface area contributed by atoms with E-state index in [0.717, 1.165) is 11.1 Å². The van der Waals surface area contributed by atoms with Crippen molar-refractivity contribution >= 4 is 9.84 Å². The molecule has 0 aliphatic heterocycles. The first-order valence-corrected chi connectivity index (χ1v) is 6.79. The van der Waals surface area contributed by atoms with Crippen LogP contribution in [0.5, 0.6) is 0 Å². The molecule has 15 heavy (non-hydrogen) atoms. The number of sulfone groups is 1. The number of hydrogen-bond donors (Lipinski definition) is 1. The zero-order valence-electron chi connectivity index (χ0n) is 9.27. The Morgan fingerprint density at radius 3 is 2.07 bits per heavy atom. The number of rotatable bonds is 3. The van der Waals surface area contributed by atoms with Crippen LogP contribution in [0.1, 0.15) is 24.1 Å². The van der Waals surface area contributed by atoms with Crippen LogP contribution >= 0.6 is 0 Å². The molecule has 0 radical (unpaired) electrons. The van der Waals surface area contributed by atoms with Gasteiger partial charge in [0.25, 0.3) is 0 Å². The molecule has 0 heterocycles. The first-order valence-electron chi connectivity index (χ1n) is 4.83. The van der Waals surface area contributed by atoms with Crippen LogP contribution in [-0.4, -0.2) is 19.9 Å². The van der Waals surface area contributed by atoms with Crippen LogP contribution in [-0.2, 0) is 9.84 Å². The van der Waals surface area contributed by atoms with Gasteiger partial charge < -0.3 is 5.73 Å². The van der Waals surface area contributed by atoms with Gasteiger partial charge in [-0.05, 0) is 19.4 Å². The quantitative estimate of drug-likeness (QED) is 0.849. The fourth-order valence-corrected chi connectivity index (χ4v) is 2.02. The Morgan fingerprint density at radius 2 is 1.67 bits per heavy atom. The van der Waals surface area contributed by atoms with Crippen molar-refractivity contribution in [2.45, 2.75) is 25.1 Å². The van der Waals surface area contributed by atoms with E-state index < -0.39 is 21.1 Å². The highest BCUT2D eigenvalue weighted by molar-refractivity contribution is 7.91. The van der Waals surface area contributed by atoms with Gasteiger partial charge in [-0.2, -0.15) is 0 Å². The molecule has 0 saturated carbocycles. The maximum absolute atomic E-state index is 11.3. The molecule has 0 amide bonds. The summed E-state index contributed by atoms with van der Waals surface area (Å²) in [6.07, 6.45) is 1.21. The Balaban J connectivity index is 2.95. The summed E-state index contributed by atoms with van der Waals surface area (Å²) in [6, 6.07) is 7.16. The molecule has 84 valence electrons. The van der Waals surface area contributed by atoms with Gasteiger partial charge in [0.1, 0.15) is 0 Å². The minimum absolute atomic E-state index is 0.458. The predicted molar refractivity (Wildman–Crippen MR) is 62.4 cm³/mol. The Kier molecular flexibility index (Phi) is 3.52. The Bertz CT molecular complexity index is 422. The van der Waals surface area contributed by atoms with E-state index in [1.165, 1.54) is 6.26 Å². The third-order valence-corrected chi connectivity index (χ3v) is 4.29. The SMILES string of the molecule is Cc1ccc([C@H](N)[C@H](C)S(C)(=O)=O)cc1. The van der Waals surface area contributed by atoms with Gasteiger partial charge in [-0.1, -0.05) is 29.8 Å². The Labute approximate surface area is 91.2 Å². The van der Waals surface area contributed by atoms with Crippen molar-refractivity contribution in [2.75, 3.05) is 6.26 Å². The zero-order valence-corrected chi connectivity index (χ0v) is 10.1. The second-order valence-electron chi connectivity index (χ2n) is 3.97. The van der Waals surface area contributed by atoms with E-state index in [1.54, 1.807) is 6.92 Å². The number of aryl methyl sites for hydroxylation is 1. The molecule has 0 bridgehead atoms. The van der Waals surface area contributed by atoms with Crippen molar-refractivity contribution in [2.24, 2.45) is 5.73 Å². The standard InChI is InChI=1S/C11H17NO2S/c1-8-4-6-10(7-5-8)11(12)9(2)15(3,13)14/h4-7,9,11H,12H2,1-3H3/t9-,11+/m0/s1. The van der Waals surface area contributed by atoms with Gasteiger partial charge in [0.05, 0.1) is 5.25 Å². The van der Waals surface area contributed by atoms with Crippen molar-refractivity contribution in [3.05, 3.63) is 35.4 Å². The van der Waals surface area contributed by atoms with Crippen LogP contribution in [0, 0.1) is 6.92 Å². The first-order chi connectivity index (χ1) is 6.82. The smallest absolute Gasteiger partial charge is 0.151 e. The van der Waals surface area contributed by atoms with Crippen LogP contribution in [0.25, 0.3) is 0 Å². The Hall–Kier alpha value is -0.870. The van der Waals surface area contributed by atoms with Crippen LogP contribution in [0.3, 0.4) is 0 Å². The van der Waals surface area contributed by atoms with Gasteiger partial charge in [0.2, 0.25) is 0 Å². The summed E-state index contributed by atoms with van der Waals surface area (Å²) in [7, 11) is -3.09. The summed E-state index contributed by atoms with van der Waals surface area (Å²) < 4.78 is 22.7. The van der Waals surface area contributed by atoms with E-state index in [-0.39, 0.29) is 0 Å². The largest absolute Gasteiger partial charge is 0.323 e. The lowest BCUT2D eigenvalue weighted by Crippen LogP contribution is -2.30. The highest BCUT2D eigenvalue weighted by Crippen LogP contribution is 2.19. The summed E-state index contributed by atoms with van der Waals surface area (Å²) in [5.74, 6) is 0. The van der Waals surface area contributed by atoms with Gasteiger partial charge in [0, 0.05) is 12.3 Å². The van der Waals surface area contributed by atoms with Crippen LogP contribution in [0.2, 0.25) is 0 Å². The Morgan fingerprint density at radius 1 is 1.20 bits per heavy atom. The molecule has 2 N–H and O–H groups in total. The molecule has 0 spiro atoms. The van der Waals surface area contributed by atoms with Crippen LogP contribution in [0.4, 0.5) is 0 Å². The number of benzene rings is 1. The van der Waals surface area contributed by atoms with Gasteiger partial charge in [-0.25, -0.2) is 8.42 Å². The van der Waals surface area contributed by atoms with Crippen molar-refractivity contribution in [3.8, 4) is 0 Å². The highest BCUT2D eigenvalue weighted by Gasteiger charge is 2.23. The lowest BCUT2D eigenvalue weighted by Gasteiger charge is -2.18. The molecular formula is C11H17NO2S. The summed E-state index contributed by atoms with van der Waals surface area (Å²) in [5.41, 5.74) is 7.89. The van der Waals surface area contributed by atoms with Gasteiger partial charge >= 0.3 is 0 Å². The second-order valence-corrected chi connectivity index (χ2v) is 6.37. The van der Waals surface area contributed by atoms with E-state index in [1.807, 2.05) is 31.2 Å². The summed E-state index contributed by atoms with van der Waals surface area (Å²) >= 11 is 0. The molecule has 1 aromatic rings. The lowest BCUT2D eigenvalue weighted by atomic mass is 10.0. The monoisotopic (exact) mass is 227 g/mol. The molecule has 1 rings (SSSR count). The van der Waals surface area contributed by atoms with Gasteiger partial charge in [-0.3, -0.25) is 0 Å². The molecular weight excluding hydrogens is 210 g/mol. The van der Waals surface area contributed by atoms with E-state index >= 15 is 0 Å². The van der Waals surface area contributed by atoms with E-state index in [4.69, 9.17) is 5.73 Å². The predicted octanol–water partition coefficient (Wildman–Crippen LogP) is 1.43.